The van der Waals surface area contributed by atoms with E-state index in [1.54, 1.807) is 0 Å². The van der Waals surface area contributed by atoms with Crippen molar-refractivity contribution in [2.45, 2.75) is 32.2 Å². The van der Waals surface area contributed by atoms with Gasteiger partial charge in [0.25, 0.3) is 0 Å². The number of hydrogen-bond donors (Lipinski definition) is 1. The summed E-state index contributed by atoms with van der Waals surface area (Å²) in [4.78, 5) is 24.1. The maximum Gasteiger partial charge on any atom is 0.326 e. The molecule has 1 unspecified atom stereocenters. The second kappa shape index (κ2) is 5.49. The van der Waals surface area contributed by atoms with Crippen molar-refractivity contribution in [3.05, 3.63) is 0 Å². The number of carbonyl (C=O) groups is 2. The third-order valence-electron chi connectivity index (χ3n) is 2.68. The second-order valence-corrected chi connectivity index (χ2v) is 4.56. The molecule has 1 fully saturated rings. The molecule has 0 aromatic carbocycles. The first-order valence-corrected chi connectivity index (χ1v) is 6.30. The van der Waals surface area contributed by atoms with Crippen LogP contribution in [0.5, 0.6) is 0 Å². The zero-order valence-electron chi connectivity index (χ0n) is 8.78. The zero-order chi connectivity index (χ0) is 11.4. The van der Waals surface area contributed by atoms with Crippen LogP contribution in [0, 0.1) is 5.92 Å². The summed E-state index contributed by atoms with van der Waals surface area (Å²) >= 11 is 3.33. The number of rotatable bonds is 5. The van der Waals surface area contributed by atoms with Gasteiger partial charge < -0.3 is 10.0 Å². The van der Waals surface area contributed by atoms with E-state index >= 15 is 0 Å². The highest BCUT2D eigenvalue weighted by Gasteiger charge is 2.36. The molecule has 15 heavy (non-hydrogen) atoms. The Bertz CT molecular complexity index is 257. The van der Waals surface area contributed by atoms with Crippen LogP contribution in [-0.4, -0.2) is 39.8 Å². The fraction of sp³-hybridized carbons (Fsp3) is 0.800. The molecular formula is C10H16BrNO3. The van der Waals surface area contributed by atoms with E-state index < -0.39 is 12.0 Å². The van der Waals surface area contributed by atoms with E-state index in [9.17, 15) is 9.59 Å². The van der Waals surface area contributed by atoms with E-state index in [0.29, 0.717) is 19.4 Å². The molecule has 0 aromatic heterocycles. The fourth-order valence-corrected chi connectivity index (χ4v) is 2.33. The van der Waals surface area contributed by atoms with Gasteiger partial charge in [-0.3, -0.25) is 4.79 Å². The van der Waals surface area contributed by atoms with Crippen molar-refractivity contribution in [2.24, 2.45) is 5.92 Å². The standard InChI is InChI=1S/C10H16BrNO3/c1-2-3-8(10(14)15)12-6-7(5-11)4-9(12)13/h7-8H,2-6H2,1H3,(H,14,15)/t7?,8-/m0/s1. The summed E-state index contributed by atoms with van der Waals surface area (Å²) in [6.45, 7) is 2.50. The van der Waals surface area contributed by atoms with Gasteiger partial charge in [-0.2, -0.15) is 0 Å². The molecule has 0 aromatic rings. The van der Waals surface area contributed by atoms with Gasteiger partial charge >= 0.3 is 5.97 Å². The van der Waals surface area contributed by atoms with Crippen molar-refractivity contribution >= 4 is 27.8 Å². The van der Waals surface area contributed by atoms with Crippen LogP contribution >= 0.6 is 15.9 Å². The number of carbonyl (C=O) groups excluding carboxylic acids is 1. The first kappa shape index (κ1) is 12.5. The SMILES string of the molecule is CCC[C@@H](C(=O)O)N1CC(CBr)CC1=O. The molecule has 5 heteroatoms. The van der Waals surface area contributed by atoms with Gasteiger partial charge in [0.1, 0.15) is 6.04 Å². The summed E-state index contributed by atoms with van der Waals surface area (Å²) in [6, 6.07) is -0.633. The lowest BCUT2D eigenvalue weighted by molar-refractivity contribution is -0.148. The van der Waals surface area contributed by atoms with Gasteiger partial charge in [0, 0.05) is 18.3 Å². The number of amides is 1. The number of carboxylic acid groups (broad SMARTS) is 1. The molecule has 0 bridgehead atoms. The third-order valence-corrected chi connectivity index (χ3v) is 3.60. The normalized spacial score (nSPS) is 23.2. The van der Waals surface area contributed by atoms with Crippen molar-refractivity contribution in [1.29, 1.82) is 0 Å². The topological polar surface area (TPSA) is 57.6 Å². The minimum Gasteiger partial charge on any atom is -0.480 e. The maximum atomic E-state index is 11.6. The molecule has 1 aliphatic heterocycles. The summed E-state index contributed by atoms with van der Waals surface area (Å²) in [5.74, 6) is -0.656. The Morgan fingerprint density at radius 3 is 2.80 bits per heavy atom. The molecule has 0 spiro atoms. The van der Waals surface area contributed by atoms with E-state index in [1.165, 1.54) is 4.90 Å². The summed E-state index contributed by atoms with van der Waals surface area (Å²) in [6.07, 6.45) is 1.79. The lowest BCUT2D eigenvalue weighted by atomic mass is 10.1. The van der Waals surface area contributed by atoms with E-state index in [0.717, 1.165) is 11.8 Å². The van der Waals surface area contributed by atoms with Crippen molar-refractivity contribution in [3.63, 3.8) is 0 Å². The fourth-order valence-electron chi connectivity index (χ4n) is 1.90. The van der Waals surface area contributed by atoms with Gasteiger partial charge in [0.15, 0.2) is 0 Å². The van der Waals surface area contributed by atoms with Crippen LogP contribution in [0.2, 0.25) is 0 Å². The number of hydrogen-bond acceptors (Lipinski definition) is 2. The molecule has 2 atom stereocenters. The third kappa shape index (κ3) is 2.93. The number of likely N-dealkylation sites (tertiary alicyclic amines) is 1. The number of nitrogens with zero attached hydrogens (tertiary/aromatic N) is 1. The Morgan fingerprint density at radius 2 is 2.40 bits per heavy atom. The molecule has 0 saturated carbocycles. The largest absolute Gasteiger partial charge is 0.480 e. The maximum absolute atomic E-state index is 11.6. The molecule has 86 valence electrons. The predicted octanol–water partition coefficient (Wildman–Crippen LogP) is 1.48. The van der Waals surface area contributed by atoms with Gasteiger partial charge in [0.2, 0.25) is 5.91 Å². The Morgan fingerprint density at radius 1 is 1.73 bits per heavy atom. The number of halogens is 1. The molecule has 1 heterocycles. The van der Waals surface area contributed by atoms with E-state index in [2.05, 4.69) is 15.9 Å². The second-order valence-electron chi connectivity index (χ2n) is 3.91. The lowest BCUT2D eigenvalue weighted by Gasteiger charge is -2.24. The van der Waals surface area contributed by atoms with E-state index in [4.69, 9.17) is 5.11 Å². The van der Waals surface area contributed by atoms with Crippen LogP contribution in [-0.2, 0) is 9.59 Å². The van der Waals surface area contributed by atoms with E-state index in [1.807, 2.05) is 6.92 Å². The highest BCUT2D eigenvalue weighted by Crippen LogP contribution is 2.23. The van der Waals surface area contributed by atoms with Gasteiger partial charge in [0.05, 0.1) is 0 Å². The average Bonchev–Trinajstić information content (AvgIpc) is 2.55. The van der Waals surface area contributed by atoms with E-state index in [-0.39, 0.29) is 11.8 Å². The molecule has 4 nitrogen and oxygen atoms in total. The Kier molecular flexibility index (Phi) is 4.57. The number of aliphatic carboxylic acids is 1. The summed E-state index contributed by atoms with van der Waals surface area (Å²) < 4.78 is 0. The van der Waals surface area contributed by atoms with Crippen molar-refractivity contribution < 1.29 is 14.7 Å². The predicted molar refractivity (Wildman–Crippen MR) is 59.9 cm³/mol. The molecule has 1 rings (SSSR count). The molecule has 1 amide bonds. The summed E-state index contributed by atoms with van der Waals surface area (Å²) in [7, 11) is 0. The minimum atomic E-state index is -0.888. The van der Waals surface area contributed by atoms with Crippen LogP contribution in [0.1, 0.15) is 26.2 Å². The Balaban J connectivity index is 2.68. The van der Waals surface area contributed by atoms with Gasteiger partial charge in [-0.15, -0.1) is 0 Å². The first-order valence-electron chi connectivity index (χ1n) is 5.18. The Hall–Kier alpha value is -0.580. The van der Waals surface area contributed by atoms with Crippen molar-refractivity contribution in [2.75, 3.05) is 11.9 Å². The first-order chi connectivity index (χ1) is 7.10. The smallest absolute Gasteiger partial charge is 0.326 e. The highest BCUT2D eigenvalue weighted by molar-refractivity contribution is 9.09. The molecule has 1 N–H and O–H groups in total. The van der Waals surface area contributed by atoms with Crippen LogP contribution < -0.4 is 0 Å². The molecule has 0 aliphatic carbocycles. The molecular weight excluding hydrogens is 262 g/mol. The van der Waals surface area contributed by atoms with Crippen LogP contribution in [0.15, 0.2) is 0 Å². The number of carboxylic acids is 1. The zero-order valence-corrected chi connectivity index (χ0v) is 10.4. The van der Waals surface area contributed by atoms with Gasteiger partial charge in [-0.25, -0.2) is 4.79 Å². The van der Waals surface area contributed by atoms with Crippen LogP contribution in [0.25, 0.3) is 0 Å². The molecule has 1 saturated heterocycles. The summed E-state index contributed by atoms with van der Waals surface area (Å²) in [5.41, 5.74) is 0. The molecule has 1 aliphatic rings. The van der Waals surface area contributed by atoms with Gasteiger partial charge in [-0.1, -0.05) is 29.3 Å². The number of alkyl halides is 1. The summed E-state index contributed by atoms with van der Waals surface area (Å²) in [5, 5.41) is 9.79. The monoisotopic (exact) mass is 277 g/mol. The van der Waals surface area contributed by atoms with Crippen molar-refractivity contribution in [1.82, 2.24) is 4.90 Å². The highest BCUT2D eigenvalue weighted by atomic mass is 79.9. The lowest BCUT2D eigenvalue weighted by Crippen LogP contribution is -2.42. The van der Waals surface area contributed by atoms with Crippen LogP contribution in [0.4, 0.5) is 0 Å². The Labute approximate surface area is 97.8 Å². The average molecular weight is 278 g/mol. The quantitative estimate of drug-likeness (QED) is 0.775. The minimum absolute atomic E-state index is 0.0275. The van der Waals surface area contributed by atoms with Gasteiger partial charge in [-0.05, 0) is 12.3 Å². The van der Waals surface area contributed by atoms with Crippen LogP contribution in [0.3, 0.4) is 0 Å². The molecule has 0 radical (unpaired) electrons. The van der Waals surface area contributed by atoms with Crippen molar-refractivity contribution in [3.8, 4) is 0 Å².